The quantitative estimate of drug-likeness (QED) is 0.672. The molecule has 6 nitrogen and oxygen atoms in total. The van der Waals surface area contributed by atoms with E-state index in [2.05, 4.69) is 5.10 Å². The molecule has 0 spiro atoms. The van der Waals surface area contributed by atoms with Gasteiger partial charge in [-0.05, 0) is 37.3 Å². The van der Waals surface area contributed by atoms with Crippen molar-refractivity contribution < 1.29 is 23.5 Å². The summed E-state index contributed by atoms with van der Waals surface area (Å²) in [6, 6.07) is 7.64. The van der Waals surface area contributed by atoms with Gasteiger partial charge in [-0.3, -0.25) is 0 Å². The fourth-order valence-corrected chi connectivity index (χ4v) is 3.74. The van der Waals surface area contributed by atoms with Crippen molar-refractivity contribution in [3.8, 4) is 5.69 Å². The fraction of sp³-hybridized carbons (Fsp3) is 0.235. The molecule has 0 N–H and O–H groups in total. The zero-order chi connectivity index (χ0) is 17.6. The second-order valence-corrected chi connectivity index (χ2v) is 6.68. The third-order valence-electron chi connectivity index (χ3n) is 3.95. The summed E-state index contributed by atoms with van der Waals surface area (Å²) in [5.74, 6) is -1.40. The lowest BCUT2D eigenvalue weighted by molar-refractivity contribution is -0.145. The summed E-state index contributed by atoms with van der Waals surface area (Å²) >= 11 is 1.22. The standard InChI is InChI=1S/C17H13FN2O4S/c1-9-12-8-14(17(22)24-13-6-7-23-16(13)21)25-15(12)20(19-9)11-4-2-10(18)3-5-11/h2-5,8,13H,6-7H2,1H3/t13-/m1/s1. The summed E-state index contributed by atoms with van der Waals surface area (Å²) in [5.41, 5.74) is 1.44. The molecule has 1 aromatic carbocycles. The second-order valence-electron chi connectivity index (χ2n) is 5.65. The van der Waals surface area contributed by atoms with Gasteiger partial charge in [-0.15, -0.1) is 11.3 Å². The van der Waals surface area contributed by atoms with Crippen molar-refractivity contribution in [2.24, 2.45) is 0 Å². The number of nitrogens with zero attached hydrogens (tertiary/aromatic N) is 2. The number of halogens is 1. The van der Waals surface area contributed by atoms with Gasteiger partial charge in [-0.25, -0.2) is 18.7 Å². The number of aromatic nitrogens is 2. The maximum atomic E-state index is 13.1. The van der Waals surface area contributed by atoms with Crippen LogP contribution in [0.3, 0.4) is 0 Å². The zero-order valence-corrected chi connectivity index (χ0v) is 14.0. The first-order chi connectivity index (χ1) is 12.0. The van der Waals surface area contributed by atoms with Crippen LogP contribution in [-0.2, 0) is 14.3 Å². The van der Waals surface area contributed by atoms with E-state index in [0.717, 1.165) is 15.9 Å². The molecule has 0 aliphatic carbocycles. The van der Waals surface area contributed by atoms with Gasteiger partial charge >= 0.3 is 11.9 Å². The van der Waals surface area contributed by atoms with E-state index < -0.39 is 18.0 Å². The molecule has 1 atom stereocenters. The number of hydrogen-bond acceptors (Lipinski definition) is 6. The Morgan fingerprint density at radius 2 is 2.16 bits per heavy atom. The van der Waals surface area contributed by atoms with Crippen LogP contribution in [0.4, 0.5) is 4.39 Å². The van der Waals surface area contributed by atoms with Crippen molar-refractivity contribution >= 4 is 33.5 Å². The molecule has 8 heteroatoms. The van der Waals surface area contributed by atoms with Gasteiger partial charge in [0, 0.05) is 11.8 Å². The highest BCUT2D eigenvalue weighted by atomic mass is 32.1. The summed E-state index contributed by atoms with van der Waals surface area (Å²) in [6.45, 7) is 2.10. The first-order valence-electron chi connectivity index (χ1n) is 7.65. The van der Waals surface area contributed by atoms with Gasteiger partial charge < -0.3 is 9.47 Å². The molecule has 0 amide bonds. The summed E-state index contributed by atoms with van der Waals surface area (Å²) < 4.78 is 24.8. The molecular weight excluding hydrogens is 347 g/mol. The normalized spacial score (nSPS) is 17.0. The largest absolute Gasteiger partial charge is 0.463 e. The second kappa shape index (κ2) is 5.96. The Balaban J connectivity index is 1.68. The van der Waals surface area contributed by atoms with E-state index in [4.69, 9.17) is 9.47 Å². The summed E-state index contributed by atoms with van der Waals surface area (Å²) in [4.78, 5) is 24.9. The number of ether oxygens (including phenoxy) is 2. The van der Waals surface area contributed by atoms with Gasteiger partial charge in [0.15, 0.2) is 0 Å². The number of carbonyl (C=O) groups excluding carboxylic acids is 2. The van der Waals surface area contributed by atoms with Crippen LogP contribution in [0.1, 0.15) is 21.8 Å². The van der Waals surface area contributed by atoms with Crippen LogP contribution in [0.15, 0.2) is 30.3 Å². The van der Waals surface area contributed by atoms with Crippen LogP contribution in [0.2, 0.25) is 0 Å². The fourth-order valence-electron chi connectivity index (χ4n) is 2.68. The van der Waals surface area contributed by atoms with Gasteiger partial charge in [0.25, 0.3) is 0 Å². The number of rotatable bonds is 3. The van der Waals surface area contributed by atoms with Gasteiger partial charge in [-0.2, -0.15) is 5.10 Å². The van der Waals surface area contributed by atoms with E-state index in [0.29, 0.717) is 17.0 Å². The molecule has 0 radical (unpaired) electrons. The van der Waals surface area contributed by atoms with Crippen molar-refractivity contribution in [2.75, 3.05) is 6.61 Å². The third kappa shape index (κ3) is 2.78. The van der Waals surface area contributed by atoms with Crippen LogP contribution in [0.25, 0.3) is 15.9 Å². The van der Waals surface area contributed by atoms with Crippen molar-refractivity contribution in [2.45, 2.75) is 19.4 Å². The van der Waals surface area contributed by atoms with Crippen molar-refractivity contribution in [3.63, 3.8) is 0 Å². The molecule has 4 rings (SSSR count). The van der Waals surface area contributed by atoms with Gasteiger partial charge in [0.1, 0.15) is 15.5 Å². The molecule has 2 aromatic heterocycles. The topological polar surface area (TPSA) is 70.4 Å². The predicted molar refractivity (Wildman–Crippen MR) is 88.4 cm³/mol. The van der Waals surface area contributed by atoms with Crippen LogP contribution < -0.4 is 0 Å². The van der Waals surface area contributed by atoms with E-state index in [1.807, 2.05) is 6.92 Å². The molecular formula is C17H13FN2O4S. The Hall–Kier alpha value is -2.74. The van der Waals surface area contributed by atoms with Crippen molar-refractivity contribution in [1.82, 2.24) is 9.78 Å². The lowest BCUT2D eigenvalue weighted by Gasteiger charge is -2.06. The summed E-state index contributed by atoms with van der Waals surface area (Å²) in [6.07, 6.45) is -0.467. The number of esters is 2. The van der Waals surface area contributed by atoms with E-state index in [-0.39, 0.29) is 12.4 Å². The molecule has 0 unspecified atom stereocenters. The van der Waals surface area contributed by atoms with E-state index in [1.165, 1.54) is 23.5 Å². The number of aryl methyl sites for hydroxylation is 1. The Kier molecular flexibility index (Phi) is 3.76. The minimum atomic E-state index is -0.840. The predicted octanol–water partition coefficient (Wildman–Crippen LogP) is 3.01. The minimum Gasteiger partial charge on any atom is -0.463 e. The van der Waals surface area contributed by atoms with Crippen LogP contribution in [-0.4, -0.2) is 34.4 Å². The minimum absolute atomic E-state index is 0.266. The van der Waals surface area contributed by atoms with Crippen LogP contribution in [0.5, 0.6) is 0 Å². The number of benzene rings is 1. The Bertz CT molecular complexity index is 977. The first kappa shape index (κ1) is 15.8. The van der Waals surface area contributed by atoms with Gasteiger partial charge in [0.05, 0.1) is 18.0 Å². The number of thiophene rings is 1. The smallest absolute Gasteiger partial charge is 0.349 e. The van der Waals surface area contributed by atoms with E-state index >= 15 is 0 Å². The zero-order valence-electron chi connectivity index (χ0n) is 13.2. The number of cyclic esters (lactones) is 1. The Morgan fingerprint density at radius 3 is 2.84 bits per heavy atom. The maximum Gasteiger partial charge on any atom is 0.349 e. The monoisotopic (exact) mass is 360 g/mol. The molecule has 1 saturated heterocycles. The number of carbonyl (C=O) groups is 2. The highest BCUT2D eigenvalue weighted by molar-refractivity contribution is 7.20. The molecule has 1 fully saturated rings. The lowest BCUT2D eigenvalue weighted by atomic mass is 10.3. The van der Waals surface area contributed by atoms with E-state index in [1.54, 1.807) is 22.9 Å². The van der Waals surface area contributed by atoms with Gasteiger partial charge in [-0.1, -0.05) is 0 Å². The molecule has 25 heavy (non-hydrogen) atoms. The molecule has 3 aromatic rings. The van der Waals surface area contributed by atoms with Crippen LogP contribution >= 0.6 is 11.3 Å². The number of hydrogen-bond donors (Lipinski definition) is 0. The highest BCUT2D eigenvalue weighted by Crippen LogP contribution is 2.31. The van der Waals surface area contributed by atoms with Crippen molar-refractivity contribution in [1.29, 1.82) is 0 Å². The molecule has 0 bridgehead atoms. The third-order valence-corrected chi connectivity index (χ3v) is 5.04. The van der Waals surface area contributed by atoms with Gasteiger partial charge in [0.2, 0.25) is 6.10 Å². The summed E-state index contributed by atoms with van der Waals surface area (Å²) in [5, 5.41) is 5.26. The summed E-state index contributed by atoms with van der Waals surface area (Å²) in [7, 11) is 0. The van der Waals surface area contributed by atoms with Crippen LogP contribution in [0, 0.1) is 12.7 Å². The molecule has 1 aliphatic rings. The lowest BCUT2D eigenvalue weighted by Crippen LogP contribution is -2.22. The highest BCUT2D eigenvalue weighted by Gasteiger charge is 2.31. The molecule has 1 aliphatic heterocycles. The maximum absolute atomic E-state index is 13.1. The average Bonchev–Trinajstić information content (AvgIpc) is 3.27. The number of fused-ring (bicyclic) bond motifs is 1. The molecule has 0 saturated carbocycles. The molecule has 128 valence electrons. The molecule has 3 heterocycles. The van der Waals surface area contributed by atoms with E-state index in [9.17, 15) is 14.0 Å². The van der Waals surface area contributed by atoms with Crippen molar-refractivity contribution in [3.05, 3.63) is 46.7 Å². The Morgan fingerprint density at radius 1 is 1.40 bits per heavy atom. The SMILES string of the molecule is Cc1nn(-c2ccc(F)cc2)c2sc(C(=O)O[C@@H]3CCOC3=O)cc12. The average molecular weight is 360 g/mol. The Labute approximate surface area is 145 Å². The first-order valence-corrected chi connectivity index (χ1v) is 8.47.